The Morgan fingerprint density at radius 3 is 2.62 bits per heavy atom. The van der Waals surface area contributed by atoms with Gasteiger partial charge >= 0.3 is 4.87 Å². The maximum atomic E-state index is 11.2. The molecule has 0 aliphatic heterocycles. The van der Waals surface area contributed by atoms with Crippen molar-refractivity contribution in [2.24, 2.45) is 0 Å². The summed E-state index contributed by atoms with van der Waals surface area (Å²) < 4.78 is 1.18. The van der Waals surface area contributed by atoms with E-state index in [0.29, 0.717) is 5.01 Å². The Balaban J connectivity index is 2.80. The minimum Gasteiger partial charge on any atom is -0.347 e. The number of aromatic nitrogens is 2. The molecule has 0 bridgehead atoms. The molecule has 1 amide bonds. The van der Waals surface area contributed by atoms with Crippen molar-refractivity contribution in [3.63, 3.8) is 0 Å². The largest absolute Gasteiger partial charge is 0.347 e. The van der Waals surface area contributed by atoms with Crippen LogP contribution in [-0.2, 0) is 11.3 Å². The fraction of sp³-hybridized carbons (Fsp3) is 0.571. The average Bonchev–Trinajstić information content (AvgIpc) is 2.30. The first-order valence-corrected chi connectivity index (χ1v) is 4.57. The molecule has 0 unspecified atom stereocenters. The minimum absolute atomic E-state index is 0.0240. The van der Waals surface area contributed by atoms with E-state index in [4.69, 9.17) is 0 Å². The van der Waals surface area contributed by atoms with E-state index in [9.17, 15) is 9.59 Å². The normalized spacial score (nSPS) is 10.1. The van der Waals surface area contributed by atoms with Gasteiger partial charge in [-0.1, -0.05) is 11.3 Å². The van der Waals surface area contributed by atoms with Crippen LogP contribution in [0.1, 0.15) is 5.01 Å². The first kappa shape index (κ1) is 9.91. The van der Waals surface area contributed by atoms with Crippen molar-refractivity contribution in [2.75, 3.05) is 14.1 Å². The van der Waals surface area contributed by atoms with E-state index < -0.39 is 0 Å². The smallest absolute Gasteiger partial charge is 0.325 e. The molecule has 0 aromatic carbocycles. The molecule has 0 saturated heterocycles. The molecular weight excluding hydrogens is 190 g/mol. The predicted octanol–water partition coefficient (Wildman–Crippen LogP) is -0.299. The number of hydrogen-bond acceptors (Lipinski definition) is 4. The van der Waals surface area contributed by atoms with E-state index in [1.54, 1.807) is 21.0 Å². The highest BCUT2D eigenvalue weighted by atomic mass is 32.1. The fourth-order valence-corrected chi connectivity index (χ4v) is 1.38. The standard InChI is InChI=1S/C7H11N3O2S/c1-5-8-10(7(12)13-5)4-6(11)9(2)3/h4H2,1-3H3. The first-order chi connectivity index (χ1) is 6.00. The van der Waals surface area contributed by atoms with Gasteiger partial charge < -0.3 is 4.90 Å². The molecule has 1 aromatic rings. The molecule has 0 spiro atoms. The third-order valence-corrected chi connectivity index (χ3v) is 2.25. The molecule has 0 fully saturated rings. The molecule has 5 nitrogen and oxygen atoms in total. The molecule has 13 heavy (non-hydrogen) atoms. The Morgan fingerprint density at radius 2 is 2.23 bits per heavy atom. The number of amides is 1. The van der Waals surface area contributed by atoms with Crippen LogP contribution >= 0.6 is 11.3 Å². The van der Waals surface area contributed by atoms with Crippen molar-refractivity contribution in [2.45, 2.75) is 13.5 Å². The topological polar surface area (TPSA) is 55.2 Å². The van der Waals surface area contributed by atoms with Crippen LogP contribution in [0.2, 0.25) is 0 Å². The number of aryl methyl sites for hydroxylation is 1. The number of likely N-dealkylation sites (N-methyl/N-ethyl adjacent to an activating group) is 1. The molecule has 0 aliphatic carbocycles. The summed E-state index contributed by atoms with van der Waals surface area (Å²) in [7, 11) is 3.29. The second-order valence-corrected chi connectivity index (χ2v) is 3.98. The lowest BCUT2D eigenvalue weighted by Crippen LogP contribution is -2.30. The average molecular weight is 201 g/mol. The zero-order valence-corrected chi connectivity index (χ0v) is 8.59. The first-order valence-electron chi connectivity index (χ1n) is 3.75. The number of nitrogens with zero attached hydrogens (tertiary/aromatic N) is 3. The Morgan fingerprint density at radius 1 is 1.62 bits per heavy atom. The molecule has 72 valence electrons. The van der Waals surface area contributed by atoms with Crippen molar-refractivity contribution in [1.82, 2.24) is 14.7 Å². The monoisotopic (exact) mass is 201 g/mol. The van der Waals surface area contributed by atoms with E-state index in [-0.39, 0.29) is 17.3 Å². The van der Waals surface area contributed by atoms with E-state index in [0.717, 1.165) is 11.3 Å². The number of carbonyl (C=O) groups excluding carboxylic acids is 1. The van der Waals surface area contributed by atoms with Crippen LogP contribution in [0.5, 0.6) is 0 Å². The molecule has 0 radical (unpaired) electrons. The summed E-state index contributed by atoms with van der Waals surface area (Å²) in [6, 6.07) is 0. The van der Waals surface area contributed by atoms with Crippen LogP contribution < -0.4 is 4.87 Å². The predicted molar refractivity (Wildman–Crippen MR) is 49.8 cm³/mol. The number of carbonyl (C=O) groups is 1. The van der Waals surface area contributed by atoms with Gasteiger partial charge in [0.05, 0.1) is 0 Å². The Labute approximate surface area is 79.6 Å². The minimum atomic E-state index is -0.187. The SMILES string of the molecule is Cc1nn(CC(=O)N(C)C)c(=O)s1. The zero-order chi connectivity index (χ0) is 10.0. The molecule has 0 atom stereocenters. The maximum absolute atomic E-state index is 11.2. The van der Waals surface area contributed by atoms with Crippen molar-refractivity contribution >= 4 is 17.2 Å². The van der Waals surface area contributed by atoms with Crippen molar-refractivity contribution in [3.05, 3.63) is 14.7 Å². The fourth-order valence-electron chi connectivity index (χ4n) is 0.780. The number of rotatable bonds is 2. The lowest BCUT2D eigenvalue weighted by atomic mass is 10.5. The summed E-state index contributed by atoms with van der Waals surface area (Å²) in [5.41, 5.74) is 0. The quantitative estimate of drug-likeness (QED) is 0.660. The van der Waals surface area contributed by atoms with Crippen molar-refractivity contribution in [1.29, 1.82) is 0 Å². The molecule has 0 N–H and O–H groups in total. The molecular formula is C7H11N3O2S. The zero-order valence-electron chi connectivity index (χ0n) is 7.77. The van der Waals surface area contributed by atoms with Gasteiger partial charge in [-0.3, -0.25) is 9.59 Å². The summed E-state index contributed by atoms with van der Waals surface area (Å²) in [5, 5.41) is 4.59. The van der Waals surface area contributed by atoms with E-state index in [1.807, 2.05) is 0 Å². The maximum Gasteiger partial charge on any atom is 0.325 e. The van der Waals surface area contributed by atoms with Gasteiger partial charge in [-0.25, -0.2) is 4.68 Å². The van der Waals surface area contributed by atoms with Gasteiger partial charge in [0.25, 0.3) is 0 Å². The van der Waals surface area contributed by atoms with Gasteiger partial charge in [0.2, 0.25) is 5.91 Å². The third kappa shape index (κ3) is 2.38. The number of hydrogen-bond donors (Lipinski definition) is 0. The van der Waals surface area contributed by atoms with E-state index in [1.165, 1.54) is 9.58 Å². The highest BCUT2D eigenvalue weighted by molar-refractivity contribution is 7.08. The van der Waals surface area contributed by atoms with Gasteiger partial charge in [0.1, 0.15) is 11.6 Å². The Bertz CT molecular complexity index is 366. The Hall–Kier alpha value is -1.17. The molecule has 1 heterocycles. The van der Waals surface area contributed by atoms with Crippen LogP contribution in [0.25, 0.3) is 0 Å². The lowest BCUT2D eigenvalue weighted by Gasteiger charge is -2.08. The lowest BCUT2D eigenvalue weighted by molar-refractivity contribution is -0.129. The van der Waals surface area contributed by atoms with Gasteiger partial charge in [0.15, 0.2) is 0 Å². The highest BCUT2D eigenvalue weighted by Crippen LogP contribution is 1.94. The molecule has 0 saturated carbocycles. The van der Waals surface area contributed by atoms with Crippen LogP contribution in [0.15, 0.2) is 4.79 Å². The second-order valence-electron chi connectivity index (χ2n) is 2.83. The summed E-state index contributed by atoms with van der Waals surface area (Å²) in [5.74, 6) is -0.132. The van der Waals surface area contributed by atoms with Crippen molar-refractivity contribution in [3.8, 4) is 0 Å². The summed E-state index contributed by atoms with van der Waals surface area (Å²) in [4.78, 5) is 23.6. The highest BCUT2D eigenvalue weighted by Gasteiger charge is 2.09. The van der Waals surface area contributed by atoms with Gasteiger partial charge in [-0.15, -0.1) is 0 Å². The summed E-state index contributed by atoms with van der Waals surface area (Å²) in [6.45, 7) is 1.76. The van der Waals surface area contributed by atoms with Crippen molar-refractivity contribution < 1.29 is 4.79 Å². The van der Waals surface area contributed by atoms with Crippen LogP contribution in [0.3, 0.4) is 0 Å². The third-order valence-electron chi connectivity index (χ3n) is 1.49. The van der Waals surface area contributed by atoms with E-state index >= 15 is 0 Å². The molecule has 6 heteroatoms. The van der Waals surface area contributed by atoms with Crippen LogP contribution in [-0.4, -0.2) is 34.7 Å². The van der Waals surface area contributed by atoms with Gasteiger partial charge in [-0.2, -0.15) is 5.10 Å². The van der Waals surface area contributed by atoms with Gasteiger partial charge in [-0.05, 0) is 6.92 Å². The summed E-state index contributed by atoms with van der Waals surface area (Å²) in [6.07, 6.45) is 0. The van der Waals surface area contributed by atoms with Crippen LogP contribution in [0.4, 0.5) is 0 Å². The molecule has 1 rings (SSSR count). The summed E-state index contributed by atoms with van der Waals surface area (Å²) >= 11 is 1.05. The van der Waals surface area contributed by atoms with E-state index in [2.05, 4.69) is 5.10 Å². The molecule has 1 aromatic heterocycles. The van der Waals surface area contributed by atoms with Crippen LogP contribution in [0, 0.1) is 6.92 Å². The Kier molecular flexibility index (Phi) is 2.82. The van der Waals surface area contributed by atoms with Gasteiger partial charge in [0, 0.05) is 14.1 Å². The second kappa shape index (κ2) is 3.69. The molecule has 0 aliphatic rings.